The maximum absolute atomic E-state index is 13.5. The number of nitrogens with two attached hydrogens (primary N) is 1. The van der Waals surface area contributed by atoms with Crippen LogP contribution in [-0.2, 0) is 6.18 Å². The fraction of sp³-hybridized carbons (Fsp3) is 0.350. The van der Waals surface area contributed by atoms with Gasteiger partial charge in [0.1, 0.15) is 18.0 Å². The van der Waals surface area contributed by atoms with E-state index < -0.39 is 11.7 Å². The number of aromatic nitrogens is 3. The molecular weight excluding hydrogens is 435 g/mol. The Labute approximate surface area is 183 Å². The van der Waals surface area contributed by atoms with Crippen LogP contribution in [0.5, 0.6) is 0 Å². The Bertz CT molecular complexity index is 1080. The number of halogens is 4. The van der Waals surface area contributed by atoms with Gasteiger partial charge in [0.25, 0.3) is 0 Å². The number of rotatable bonds is 2. The number of pyridine rings is 1. The molecular formula is C20H21ClF3N5S. The standard InChI is InChI=1S/C20H19ClF3N5.H2S/c1-11-4-2-3-7-29(11)19-13-8-15(21)12(9-16(13)26-10-27-19)18-14(20(22,23)24)5-6-17(25)28-18;/h5-6,8-11H,2-4,7H2,1H3,(H2,25,28);1H2/t11-;/m0./s1. The molecule has 0 saturated carbocycles. The first-order valence-corrected chi connectivity index (χ1v) is 9.68. The number of nitrogens with zero attached hydrogens (tertiary/aromatic N) is 4. The lowest BCUT2D eigenvalue weighted by Gasteiger charge is -2.35. The van der Waals surface area contributed by atoms with Crippen molar-refractivity contribution in [1.29, 1.82) is 0 Å². The maximum atomic E-state index is 13.5. The molecule has 4 rings (SSSR count). The van der Waals surface area contributed by atoms with Crippen molar-refractivity contribution in [1.82, 2.24) is 15.0 Å². The van der Waals surface area contributed by atoms with Crippen molar-refractivity contribution < 1.29 is 13.2 Å². The van der Waals surface area contributed by atoms with Crippen molar-refractivity contribution in [2.45, 2.75) is 38.4 Å². The van der Waals surface area contributed by atoms with E-state index in [0.717, 1.165) is 43.8 Å². The van der Waals surface area contributed by atoms with Crippen LogP contribution in [0.2, 0.25) is 5.02 Å². The quantitative estimate of drug-likeness (QED) is 0.557. The highest BCUT2D eigenvalue weighted by Gasteiger charge is 2.35. The van der Waals surface area contributed by atoms with Crippen LogP contribution in [0, 0.1) is 0 Å². The Balaban J connectivity index is 0.00000256. The zero-order valence-electron chi connectivity index (χ0n) is 16.2. The first-order chi connectivity index (χ1) is 13.8. The minimum atomic E-state index is -4.59. The van der Waals surface area contributed by atoms with Gasteiger partial charge < -0.3 is 10.6 Å². The second-order valence-corrected chi connectivity index (χ2v) is 7.62. The van der Waals surface area contributed by atoms with Crippen LogP contribution < -0.4 is 10.6 Å². The molecule has 0 spiro atoms. The molecule has 1 aromatic carbocycles. The van der Waals surface area contributed by atoms with Crippen LogP contribution in [0.25, 0.3) is 22.2 Å². The number of piperidine rings is 1. The third kappa shape index (κ3) is 4.13. The molecule has 2 N–H and O–H groups in total. The molecule has 1 saturated heterocycles. The Kier molecular flexibility index (Phi) is 6.33. The van der Waals surface area contributed by atoms with Crippen molar-refractivity contribution >= 4 is 47.6 Å². The van der Waals surface area contributed by atoms with Crippen LogP contribution in [0.3, 0.4) is 0 Å². The monoisotopic (exact) mass is 455 g/mol. The highest BCUT2D eigenvalue weighted by atomic mass is 35.5. The zero-order valence-corrected chi connectivity index (χ0v) is 17.9. The fourth-order valence-electron chi connectivity index (χ4n) is 3.79. The molecule has 1 fully saturated rings. The normalized spacial score (nSPS) is 17.1. The number of hydrogen-bond donors (Lipinski definition) is 1. The summed E-state index contributed by atoms with van der Waals surface area (Å²) in [5, 5.41) is 0.842. The smallest absolute Gasteiger partial charge is 0.384 e. The van der Waals surface area contributed by atoms with Gasteiger partial charge in [0, 0.05) is 23.5 Å². The first-order valence-electron chi connectivity index (χ1n) is 9.30. The number of hydrogen-bond acceptors (Lipinski definition) is 5. The van der Waals surface area contributed by atoms with E-state index in [0.29, 0.717) is 16.9 Å². The summed E-state index contributed by atoms with van der Waals surface area (Å²) in [6.45, 7) is 3.00. The van der Waals surface area contributed by atoms with Crippen molar-refractivity contribution in [3.63, 3.8) is 0 Å². The predicted molar refractivity (Wildman–Crippen MR) is 118 cm³/mol. The lowest BCUT2D eigenvalue weighted by Crippen LogP contribution is -2.38. The van der Waals surface area contributed by atoms with Crippen LogP contribution in [0.1, 0.15) is 31.7 Å². The van der Waals surface area contributed by atoms with Crippen molar-refractivity contribution in [3.05, 3.63) is 41.2 Å². The van der Waals surface area contributed by atoms with E-state index in [4.69, 9.17) is 17.3 Å². The summed E-state index contributed by atoms with van der Waals surface area (Å²) in [6, 6.07) is 5.49. The summed E-state index contributed by atoms with van der Waals surface area (Å²) < 4.78 is 40.5. The Morgan fingerprint density at radius 3 is 2.63 bits per heavy atom. The second-order valence-electron chi connectivity index (χ2n) is 7.21. The van der Waals surface area contributed by atoms with Crippen LogP contribution >= 0.6 is 25.1 Å². The molecule has 0 aliphatic carbocycles. The fourth-order valence-corrected chi connectivity index (χ4v) is 4.05. The highest BCUT2D eigenvalue weighted by Crippen LogP contribution is 2.41. The summed E-state index contributed by atoms with van der Waals surface area (Å²) >= 11 is 6.44. The lowest BCUT2D eigenvalue weighted by molar-refractivity contribution is -0.137. The zero-order chi connectivity index (χ0) is 20.8. The van der Waals surface area contributed by atoms with E-state index in [9.17, 15) is 13.2 Å². The van der Waals surface area contributed by atoms with E-state index in [1.807, 2.05) is 0 Å². The number of nitrogen functional groups attached to an aromatic ring is 1. The number of fused-ring (bicyclic) bond motifs is 1. The van der Waals surface area contributed by atoms with E-state index in [-0.39, 0.29) is 35.6 Å². The van der Waals surface area contributed by atoms with Gasteiger partial charge >= 0.3 is 6.18 Å². The Morgan fingerprint density at radius 1 is 1.17 bits per heavy atom. The molecule has 0 amide bonds. The average Bonchev–Trinajstić information content (AvgIpc) is 2.66. The largest absolute Gasteiger partial charge is 0.418 e. The third-order valence-electron chi connectivity index (χ3n) is 5.26. The summed E-state index contributed by atoms with van der Waals surface area (Å²) in [4.78, 5) is 14.8. The van der Waals surface area contributed by atoms with Gasteiger partial charge in [-0.2, -0.15) is 26.7 Å². The van der Waals surface area contributed by atoms with E-state index >= 15 is 0 Å². The van der Waals surface area contributed by atoms with Gasteiger partial charge in [-0.05, 0) is 50.5 Å². The van der Waals surface area contributed by atoms with Crippen molar-refractivity contribution in [2.24, 2.45) is 0 Å². The summed E-state index contributed by atoms with van der Waals surface area (Å²) in [7, 11) is 0. The molecule has 2 aromatic heterocycles. The molecule has 160 valence electrons. The van der Waals surface area contributed by atoms with Crippen LogP contribution in [0.15, 0.2) is 30.6 Å². The lowest BCUT2D eigenvalue weighted by atomic mass is 10.0. The molecule has 0 unspecified atom stereocenters. The summed E-state index contributed by atoms with van der Waals surface area (Å²) in [5.41, 5.74) is 5.09. The molecule has 1 aliphatic rings. The number of benzene rings is 1. The van der Waals surface area contributed by atoms with E-state index in [1.165, 1.54) is 12.4 Å². The second kappa shape index (κ2) is 8.47. The topological polar surface area (TPSA) is 67.9 Å². The average molecular weight is 456 g/mol. The molecule has 1 aliphatic heterocycles. The molecule has 1 atom stereocenters. The number of alkyl halides is 3. The Morgan fingerprint density at radius 2 is 1.93 bits per heavy atom. The van der Waals surface area contributed by atoms with Gasteiger partial charge in [0.05, 0.1) is 21.8 Å². The van der Waals surface area contributed by atoms with Crippen molar-refractivity contribution in [2.75, 3.05) is 17.2 Å². The first kappa shape index (κ1) is 22.4. The molecule has 3 heterocycles. The van der Waals surface area contributed by atoms with Gasteiger partial charge in [-0.25, -0.2) is 15.0 Å². The van der Waals surface area contributed by atoms with Gasteiger partial charge in [-0.1, -0.05) is 11.6 Å². The van der Waals surface area contributed by atoms with Gasteiger partial charge in [-0.3, -0.25) is 0 Å². The van der Waals surface area contributed by atoms with Crippen LogP contribution in [-0.4, -0.2) is 27.5 Å². The minimum absolute atomic E-state index is 0. The maximum Gasteiger partial charge on any atom is 0.418 e. The SMILES string of the molecule is C[C@H]1CCCCN1c1ncnc2cc(-c3nc(N)ccc3C(F)(F)F)c(Cl)cc12.S. The molecule has 0 bridgehead atoms. The summed E-state index contributed by atoms with van der Waals surface area (Å²) in [5.74, 6) is 0.724. The predicted octanol–water partition coefficient (Wildman–Crippen LogP) is 5.44. The van der Waals surface area contributed by atoms with E-state index in [2.05, 4.69) is 26.8 Å². The minimum Gasteiger partial charge on any atom is -0.384 e. The molecule has 0 radical (unpaired) electrons. The van der Waals surface area contributed by atoms with Gasteiger partial charge in [-0.15, -0.1) is 0 Å². The highest BCUT2D eigenvalue weighted by molar-refractivity contribution is 7.59. The van der Waals surface area contributed by atoms with Crippen LogP contribution in [0.4, 0.5) is 24.8 Å². The van der Waals surface area contributed by atoms with E-state index in [1.54, 1.807) is 6.07 Å². The van der Waals surface area contributed by atoms with Gasteiger partial charge in [0.2, 0.25) is 0 Å². The Hall–Kier alpha value is -2.26. The van der Waals surface area contributed by atoms with Gasteiger partial charge in [0.15, 0.2) is 0 Å². The molecule has 30 heavy (non-hydrogen) atoms. The molecule has 5 nitrogen and oxygen atoms in total. The number of anilines is 2. The molecule has 10 heteroatoms. The van der Waals surface area contributed by atoms with Crippen molar-refractivity contribution in [3.8, 4) is 11.3 Å². The third-order valence-corrected chi connectivity index (χ3v) is 5.57. The summed E-state index contributed by atoms with van der Waals surface area (Å²) in [6.07, 6.45) is 0.110. The molecule has 3 aromatic rings.